The summed E-state index contributed by atoms with van der Waals surface area (Å²) >= 11 is 0. The molecule has 2 N–H and O–H groups in total. The molecule has 3 heterocycles. The Morgan fingerprint density at radius 2 is 1.75 bits per heavy atom. The zero-order valence-electron chi connectivity index (χ0n) is 28.9. The fourth-order valence-electron chi connectivity index (χ4n) is 5.87. The lowest BCUT2D eigenvalue weighted by atomic mass is 10.0. The minimum Gasteiger partial charge on any atom is -0.444 e. The topological polar surface area (TPSA) is 136 Å². The average molecular weight is 735 g/mol. The Hall–Kier alpha value is -5.44. The van der Waals surface area contributed by atoms with Crippen LogP contribution in [0.25, 0.3) is 22.0 Å². The highest BCUT2D eigenvalue weighted by Crippen LogP contribution is 2.40. The molecule has 272 valence electrons. The van der Waals surface area contributed by atoms with Crippen molar-refractivity contribution in [2.45, 2.75) is 57.9 Å². The highest BCUT2D eigenvalue weighted by atomic mass is 32.2. The Balaban J connectivity index is 1.26. The molecule has 0 radical (unpaired) electrons. The molecule has 0 bridgehead atoms. The molecule has 15 heteroatoms. The van der Waals surface area contributed by atoms with Gasteiger partial charge in [-0.25, -0.2) is 41.3 Å². The maximum Gasteiger partial charge on any atom is 0.410 e. The Morgan fingerprint density at radius 3 is 2.54 bits per heavy atom. The number of carbonyl (C=O) groups is 1. The molecule has 5 aromatic rings. The summed E-state index contributed by atoms with van der Waals surface area (Å²) in [5, 5.41) is 3.86. The summed E-state index contributed by atoms with van der Waals surface area (Å²) in [6, 6.07) is 14.0. The molecule has 0 spiro atoms. The van der Waals surface area contributed by atoms with Gasteiger partial charge in [0, 0.05) is 47.9 Å². The molecule has 2 aromatic heterocycles. The Kier molecular flexibility index (Phi) is 10.2. The van der Waals surface area contributed by atoms with Gasteiger partial charge >= 0.3 is 6.09 Å². The summed E-state index contributed by atoms with van der Waals surface area (Å²) in [5.74, 6) is -3.49. The number of hydrogen-bond acceptors (Lipinski definition) is 9. The van der Waals surface area contributed by atoms with Crippen LogP contribution in [0.5, 0.6) is 11.6 Å². The van der Waals surface area contributed by atoms with Gasteiger partial charge in [0.2, 0.25) is 21.9 Å². The molecule has 1 saturated heterocycles. The zero-order valence-corrected chi connectivity index (χ0v) is 29.7. The number of fused-ring (bicyclic) bond motifs is 1. The lowest BCUT2D eigenvalue weighted by Crippen LogP contribution is -2.47. The molecule has 1 aliphatic rings. The van der Waals surface area contributed by atoms with Gasteiger partial charge in [0.05, 0.1) is 22.7 Å². The second-order valence-electron chi connectivity index (χ2n) is 13.4. The van der Waals surface area contributed by atoms with Gasteiger partial charge < -0.3 is 19.7 Å². The van der Waals surface area contributed by atoms with E-state index in [1.54, 1.807) is 42.3 Å². The van der Waals surface area contributed by atoms with E-state index in [2.05, 4.69) is 20.0 Å². The van der Waals surface area contributed by atoms with Gasteiger partial charge in [0.25, 0.3) is 0 Å². The summed E-state index contributed by atoms with van der Waals surface area (Å²) in [5.41, 5.74) is 0.265. The number of benzene rings is 3. The third-order valence-electron chi connectivity index (χ3n) is 8.24. The third kappa shape index (κ3) is 8.36. The monoisotopic (exact) mass is 734 g/mol. The number of sulfonamides is 1. The number of ether oxygens (including phenoxy) is 2. The number of halogens is 3. The van der Waals surface area contributed by atoms with E-state index in [9.17, 15) is 22.0 Å². The fraction of sp³-hybridized carbons (Fsp3) is 0.297. The van der Waals surface area contributed by atoms with Crippen molar-refractivity contribution in [1.82, 2.24) is 19.9 Å². The number of rotatable bonds is 9. The van der Waals surface area contributed by atoms with Crippen molar-refractivity contribution in [2.75, 3.05) is 23.1 Å². The molecule has 1 aliphatic heterocycles. The van der Waals surface area contributed by atoms with Crippen LogP contribution in [0.3, 0.4) is 0 Å². The van der Waals surface area contributed by atoms with Crippen LogP contribution in [-0.2, 0) is 20.5 Å². The maximum absolute atomic E-state index is 15.2. The van der Waals surface area contributed by atoms with Crippen molar-refractivity contribution in [3.05, 3.63) is 102 Å². The molecule has 3 aromatic carbocycles. The van der Waals surface area contributed by atoms with E-state index in [4.69, 9.17) is 14.5 Å². The van der Waals surface area contributed by atoms with Crippen molar-refractivity contribution in [1.29, 1.82) is 0 Å². The normalized spacial score (nSPS) is 15.0. The van der Waals surface area contributed by atoms with Crippen molar-refractivity contribution in [3.63, 3.8) is 0 Å². The van der Waals surface area contributed by atoms with Crippen LogP contribution < -0.4 is 14.8 Å². The first-order valence-electron chi connectivity index (χ1n) is 16.5. The summed E-state index contributed by atoms with van der Waals surface area (Å²) in [6.45, 7) is 8.26. The van der Waals surface area contributed by atoms with Gasteiger partial charge in [0.15, 0.2) is 11.6 Å². The van der Waals surface area contributed by atoms with Crippen molar-refractivity contribution < 1.29 is 35.9 Å². The number of amides is 1. The number of likely N-dealkylation sites (tertiary alicyclic amines) is 1. The maximum atomic E-state index is 15.2. The number of hydrogen-bond donors (Lipinski definition) is 2. The number of nitrogens with zero attached hydrogens (tertiary/aromatic N) is 4. The van der Waals surface area contributed by atoms with Gasteiger partial charge in [-0.05, 0) is 82.5 Å². The van der Waals surface area contributed by atoms with Gasteiger partial charge in [-0.3, -0.25) is 4.72 Å². The first kappa shape index (κ1) is 36.4. The number of aryl methyl sites for hydroxylation is 1. The summed E-state index contributed by atoms with van der Waals surface area (Å²) < 4.78 is 83.6. The summed E-state index contributed by atoms with van der Waals surface area (Å²) in [6.07, 6.45) is 4.34. The van der Waals surface area contributed by atoms with E-state index in [0.717, 1.165) is 31.0 Å². The standard InChI is InChI=1S/C37H37F3N6O5S/c1-22-12-13-25-26(14-15-29(39)32(25)45-52(48,49)21-23-8-5-11-28(38)31(23)40)33(22)50-34-27(10-6-17-41-34)30-16-18-42-35(44-30)43-24-9-7-19-46(20-24)36(47)51-37(2,3)4/h5-6,8,10-18,24,45H,7,9,19-21H2,1-4H3,(H,42,43,44). The highest BCUT2D eigenvalue weighted by Gasteiger charge is 2.28. The van der Waals surface area contributed by atoms with Gasteiger partial charge in [-0.1, -0.05) is 24.3 Å². The third-order valence-corrected chi connectivity index (χ3v) is 9.45. The molecule has 1 atom stereocenters. The van der Waals surface area contributed by atoms with Crippen molar-refractivity contribution in [2.24, 2.45) is 0 Å². The van der Waals surface area contributed by atoms with E-state index < -0.39 is 44.4 Å². The smallest absolute Gasteiger partial charge is 0.410 e. The largest absolute Gasteiger partial charge is 0.444 e. The number of piperidine rings is 1. The Labute approximate surface area is 299 Å². The first-order valence-corrected chi connectivity index (χ1v) is 18.2. The highest BCUT2D eigenvalue weighted by molar-refractivity contribution is 7.91. The predicted octanol–water partition coefficient (Wildman–Crippen LogP) is 7.96. The second kappa shape index (κ2) is 14.7. The van der Waals surface area contributed by atoms with Gasteiger partial charge in [0.1, 0.15) is 17.2 Å². The molecule has 0 saturated carbocycles. The van der Waals surface area contributed by atoms with E-state index in [1.165, 1.54) is 24.4 Å². The van der Waals surface area contributed by atoms with Crippen LogP contribution in [0, 0.1) is 24.4 Å². The molecule has 11 nitrogen and oxygen atoms in total. The number of pyridine rings is 1. The number of aromatic nitrogens is 3. The van der Waals surface area contributed by atoms with E-state index in [0.29, 0.717) is 41.2 Å². The first-order chi connectivity index (χ1) is 24.7. The minimum atomic E-state index is -4.39. The SMILES string of the molecule is Cc1ccc2c(NS(=O)(=O)Cc3cccc(F)c3F)c(F)ccc2c1Oc1ncccc1-c1ccnc(NC2CCCN(C(=O)OC(C)(C)C)C2)n1. The summed E-state index contributed by atoms with van der Waals surface area (Å²) in [4.78, 5) is 27.9. The lowest BCUT2D eigenvalue weighted by Gasteiger charge is -2.34. The van der Waals surface area contributed by atoms with E-state index in [-0.39, 0.29) is 34.8 Å². The van der Waals surface area contributed by atoms with Crippen molar-refractivity contribution >= 4 is 38.5 Å². The van der Waals surface area contributed by atoms with Crippen LogP contribution >= 0.6 is 0 Å². The molecule has 0 aliphatic carbocycles. The molecule has 6 rings (SSSR count). The molecule has 1 unspecified atom stereocenters. The van der Waals surface area contributed by atoms with Crippen molar-refractivity contribution in [3.8, 4) is 22.9 Å². The lowest BCUT2D eigenvalue weighted by molar-refractivity contribution is 0.0206. The summed E-state index contributed by atoms with van der Waals surface area (Å²) in [7, 11) is -4.39. The minimum absolute atomic E-state index is 0.112. The Bertz CT molecular complexity index is 2250. The van der Waals surface area contributed by atoms with Crippen LogP contribution in [-0.4, -0.2) is 59.1 Å². The average Bonchev–Trinajstić information content (AvgIpc) is 3.09. The van der Waals surface area contributed by atoms with Crippen LogP contribution in [0.2, 0.25) is 0 Å². The molecular formula is C37H37F3N6O5S. The number of anilines is 2. The van der Waals surface area contributed by atoms with Crippen LogP contribution in [0.1, 0.15) is 44.7 Å². The number of nitrogens with one attached hydrogen (secondary N) is 2. The van der Waals surface area contributed by atoms with Crippen LogP contribution in [0.15, 0.2) is 73.1 Å². The van der Waals surface area contributed by atoms with E-state index in [1.807, 2.05) is 20.8 Å². The predicted molar refractivity (Wildman–Crippen MR) is 191 cm³/mol. The van der Waals surface area contributed by atoms with Gasteiger partial charge in [-0.2, -0.15) is 0 Å². The molecular weight excluding hydrogens is 698 g/mol. The molecule has 1 amide bonds. The quantitative estimate of drug-likeness (QED) is 0.155. The van der Waals surface area contributed by atoms with Gasteiger partial charge in [-0.15, -0.1) is 0 Å². The van der Waals surface area contributed by atoms with Crippen LogP contribution in [0.4, 0.5) is 29.6 Å². The fourth-order valence-corrected chi connectivity index (χ4v) is 7.09. The zero-order chi connectivity index (χ0) is 37.2. The number of carbonyl (C=O) groups excluding carboxylic acids is 1. The second-order valence-corrected chi connectivity index (χ2v) is 15.2. The van der Waals surface area contributed by atoms with E-state index >= 15 is 4.39 Å². The Morgan fingerprint density at radius 1 is 0.962 bits per heavy atom. The molecule has 52 heavy (non-hydrogen) atoms. The molecule has 1 fully saturated rings.